The molecule has 1 aliphatic rings. The number of benzene rings is 1. The number of nitrogens with zero attached hydrogens (tertiary/aromatic N) is 2. The molecule has 0 radical (unpaired) electrons. The van der Waals surface area contributed by atoms with Gasteiger partial charge in [0.25, 0.3) is 0 Å². The molecule has 0 saturated heterocycles. The number of ketones is 1. The second-order valence-electron chi connectivity index (χ2n) is 5.26. The normalized spacial score (nSPS) is 15.1. The summed E-state index contributed by atoms with van der Waals surface area (Å²) in [6, 6.07) is 7.64. The van der Waals surface area contributed by atoms with Crippen LogP contribution in [-0.2, 0) is 0 Å². The van der Waals surface area contributed by atoms with Gasteiger partial charge in [-0.2, -0.15) is 5.26 Å². The van der Waals surface area contributed by atoms with E-state index in [0.717, 1.165) is 18.5 Å². The number of Topliss-reactive ketones (excluding diaryl/α,β-unsaturated/α-hetero) is 1. The van der Waals surface area contributed by atoms with E-state index in [1.54, 1.807) is 18.2 Å². The molecule has 4 nitrogen and oxygen atoms in total. The number of nitriles is 1. The summed E-state index contributed by atoms with van der Waals surface area (Å²) in [5.41, 5.74) is 1.97. The van der Waals surface area contributed by atoms with Crippen LogP contribution in [-0.4, -0.2) is 30.1 Å². The molecule has 0 bridgehead atoms. The van der Waals surface area contributed by atoms with Crippen molar-refractivity contribution in [3.05, 3.63) is 29.3 Å². The predicted octanol–water partition coefficient (Wildman–Crippen LogP) is 2.50. The molecule has 1 aromatic rings. The zero-order chi connectivity index (χ0) is 14.5. The minimum absolute atomic E-state index is 0.00886. The topological polar surface area (TPSA) is 64.3 Å². The van der Waals surface area contributed by atoms with Crippen molar-refractivity contribution in [3.8, 4) is 6.07 Å². The fraction of sp³-hybridized carbons (Fsp3) is 0.500. The third-order valence-electron chi connectivity index (χ3n) is 3.92. The number of carbonyl (C=O) groups excluding carboxylic acids is 1. The second-order valence-corrected chi connectivity index (χ2v) is 5.26. The Morgan fingerprint density at radius 3 is 2.70 bits per heavy atom. The molecule has 1 aliphatic carbocycles. The molecular formula is C16H20N2O2. The van der Waals surface area contributed by atoms with Crippen LogP contribution in [0.1, 0.15) is 48.5 Å². The zero-order valence-corrected chi connectivity index (χ0v) is 11.8. The molecule has 106 valence electrons. The van der Waals surface area contributed by atoms with Crippen molar-refractivity contribution in [3.63, 3.8) is 0 Å². The van der Waals surface area contributed by atoms with Crippen molar-refractivity contribution >= 4 is 11.5 Å². The van der Waals surface area contributed by atoms with Gasteiger partial charge in [-0.15, -0.1) is 0 Å². The van der Waals surface area contributed by atoms with Crippen LogP contribution in [0.2, 0.25) is 0 Å². The van der Waals surface area contributed by atoms with Gasteiger partial charge in [0, 0.05) is 23.8 Å². The third-order valence-corrected chi connectivity index (χ3v) is 3.92. The van der Waals surface area contributed by atoms with Gasteiger partial charge in [0.2, 0.25) is 0 Å². The average molecular weight is 272 g/mol. The van der Waals surface area contributed by atoms with Gasteiger partial charge in [-0.05, 0) is 38.0 Å². The summed E-state index contributed by atoms with van der Waals surface area (Å²) in [6.07, 6.45) is 4.52. The maximum absolute atomic E-state index is 11.8. The fourth-order valence-electron chi connectivity index (χ4n) is 2.96. The van der Waals surface area contributed by atoms with Gasteiger partial charge in [0.15, 0.2) is 5.78 Å². The van der Waals surface area contributed by atoms with Crippen LogP contribution in [0.25, 0.3) is 0 Å². The van der Waals surface area contributed by atoms with Gasteiger partial charge in [-0.3, -0.25) is 4.79 Å². The Morgan fingerprint density at radius 2 is 2.15 bits per heavy atom. The van der Waals surface area contributed by atoms with E-state index in [2.05, 4.69) is 11.0 Å². The van der Waals surface area contributed by atoms with Gasteiger partial charge in [-0.1, -0.05) is 12.8 Å². The Labute approximate surface area is 119 Å². The number of carbonyl (C=O) groups is 1. The Kier molecular flexibility index (Phi) is 4.75. The first-order valence-corrected chi connectivity index (χ1v) is 7.10. The van der Waals surface area contributed by atoms with Crippen LogP contribution in [0.5, 0.6) is 0 Å². The Morgan fingerprint density at radius 1 is 1.45 bits per heavy atom. The average Bonchev–Trinajstić information content (AvgIpc) is 2.97. The number of anilines is 1. The van der Waals surface area contributed by atoms with Crippen LogP contribution in [0.15, 0.2) is 18.2 Å². The lowest BCUT2D eigenvalue weighted by atomic mass is 10.0. The maximum atomic E-state index is 11.8. The Hall–Kier alpha value is -1.86. The molecular weight excluding hydrogens is 252 g/mol. The minimum atomic E-state index is -0.00886. The van der Waals surface area contributed by atoms with E-state index in [9.17, 15) is 9.90 Å². The smallest absolute Gasteiger partial charge is 0.161 e. The largest absolute Gasteiger partial charge is 0.395 e. The molecule has 1 fully saturated rings. The highest BCUT2D eigenvalue weighted by molar-refractivity contribution is 6.00. The van der Waals surface area contributed by atoms with Gasteiger partial charge in [-0.25, -0.2) is 0 Å². The number of aliphatic hydroxyl groups excluding tert-OH is 1. The fourth-order valence-corrected chi connectivity index (χ4v) is 2.96. The van der Waals surface area contributed by atoms with E-state index in [1.807, 2.05) is 0 Å². The van der Waals surface area contributed by atoms with Crippen molar-refractivity contribution < 1.29 is 9.90 Å². The van der Waals surface area contributed by atoms with E-state index in [0.29, 0.717) is 23.7 Å². The molecule has 1 N–H and O–H groups in total. The molecule has 1 aromatic carbocycles. The SMILES string of the molecule is CC(=O)c1ccc(C#N)cc1N(CCO)C1CCCC1. The number of hydrogen-bond acceptors (Lipinski definition) is 4. The van der Waals surface area contributed by atoms with E-state index in [1.165, 1.54) is 19.8 Å². The molecule has 0 amide bonds. The molecule has 20 heavy (non-hydrogen) atoms. The lowest BCUT2D eigenvalue weighted by molar-refractivity contribution is 0.101. The highest BCUT2D eigenvalue weighted by Gasteiger charge is 2.25. The maximum Gasteiger partial charge on any atom is 0.161 e. The van der Waals surface area contributed by atoms with Crippen LogP contribution in [0.3, 0.4) is 0 Å². The van der Waals surface area contributed by atoms with Crippen molar-refractivity contribution in [2.24, 2.45) is 0 Å². The van der Waals surface area contributed by atoms with E-state index in [-0.39, 0.29) is 12.4 Å². The lowest BCUT2D eigenvalue weighted by Crippen LogP contribution is -2.36. The second kappa shape index (κ2) is 6.53. The minimum Gasteiger partial charge on any atom is -0.395 e. The summed E-state index contributed by atoms with van der Waals surface area (Å²) in [5, 5.41) is 18.4. The van der Waals surface area contributed by atoms with Crippen LogP contribution < -0.4 is 4.90 Å². The highest BCUT2D eigenvalue weighted by Crippen LogP contribution is 2.31. The van der Waals surface area contributed by atoms with Gasteiger partial charge >= 0.3 is 0 Å². The third kappa shape index (κ3) is 3.00. The van der Waals surface area contributed by atoms with E-state index < -0.39 is 0 Å². The number of rotatable bonds is 5. The monoisotopic (exact) mass is 272 g/mol. The van der Waals surface area contributed by atoms with Crippen molar-refractivity contribution in [2.75, 3.05) is 18.1 Å². The number of aliphatic hydroxyl groups is 1. The molecule has 0 heterocycles. The van der Waals surface area contributed by atoms with Gasteiger partial charge < -0.3 is 10.0 Å². The van der Waals surface area contributed by atoms with E-state index >= 15 is 0 Å². The molecule has 0 unspecified atom stereocenters. The van der Waals surface area contributed by atoms with Gasteiger partial charge in [0.1, 0.15) is 0 Å². The summed E-state index contributed by atoms with van der Waals surface area (Å²) in [4.78, 5) is 13.9. The summed E-state index contributed by atoms with van der Waals surface area (Å²) < 4.78 is 0. The van der Waals surface area contributed by atoms with Crippen LogP contribution in [0, 0.1) is 11.3 Å². The van der Waals surface area contributed by atoms with Gasteiger partial charge in [0.05, 0.1) is 18.2 Å². The van der Waals surface area contributed by atoms with Crippen LogP contribution in [0.4, 0.5) is 5.69 Å². The summed E-state index contributed by atoms with van der Waals surface area (Å²) in [7, 11) is 0. The zero-order valence-electron chi connectivity index (χ0n) is 11.8. The quantitative estimate of drug-likeness (QED) is 0.836. The van der Waals surface area contributed by atoms with E-state index in [4.69, 9.17) is 5.26 Å². The predicted molar refractivity (Wildman–Crippen MR) is 77.8 cm³/mol. The first-order valence-electron chi connectivity index (χ1n) is 7.10. The first kappa shape index (κ1) is 14.5. The standard InChI is InChI=1S/C16H20N2O2/c1-12(20)15-7-6-13(11-17)10-16(15)18(8-9-19)14-4-2-3-5-14/h6-7,10,14,19H,2-5,8-9H2,1H3. The first-order chi connectivity index (χ1) is 9.67. The van der Waals surface area contributed by atoms with Crippen LogP contribution >= 0.6 is 0 Å². The van der Waals surface area contributed by atoms with Crippen molar-refractivity contribution in [1.29, 1.82) is 5.26 Å². The molecule has 0 aliphatic heterocycles. The molecule has 0 spiro atoms. The number of hydrogen-bond donors (Lipinski definition) is 1. The van der Waals surface area contributed by atoms with Crippen molar-refractivity contribution in [1.82, 2.24) is 0 Å². The Bertz CT molecular complexity index is 528. The molecule has 2 rings (SSSR count). The lowest BCUT2D eigenvalue weighted by Gasteiger charge is -2.32. The summed E-state index contributed by atoms with van der Waals surface area (Å²) in [5.74, 6) is -0.00886. The van der Waals surface area contributed by atoms with Crippen molar-refractivity contribution in [2.45, 2.75) is 38.6 Å². The molecule has 1 saturated carbocycles. The highest BCUT2D eigenvalue weighted by atomic mass is 16.3. The summed E-state index contributed by atoms with van der Waals surface area (Å²) >= 11 is 0. The Balaban J connectivity index is 2.44. The molecule has 4 heteroatoms. The molecule has 0 atom stereocenters. The molecule has 0 aromatic heterocycles. The summed E-state index contributed by atoms with van der Waals surface area (Å²) in [6.45, 7) is 2.08.